The summed E-state index contributed by atoms with van der Waals surface area (Å²) in [5.41, 5.74) is 3.98. The molecule has 5 nitrogen and oxygen atoms in total. The van der Waals surface area contributed by atoms with Gasteiger partial charge >= 0.3 is 0 Å². The van der Waals surface area contributed by atoms with E-state index in [0.29, 0.717) is 26.1 Å². The first-order chi connectivity index (χ1) is 17.6. The zero-order valence-electron chi connectivity index (χ0n) is 21.2. The number of benzene rings is 3. The van der Waals surface area contributed by atoms with Crippen LogP contribution in [0.4, 0.5) is 0 Å². The minimum atomic E-state index is -0.595. The van der Waals surface area contributed by atoms with Gasteiger partial charge in [-0.3, -0.25) is 4.79 Å². The highest BCUT2D eigenvalue weighted by atomic mass is 16.5. The molecule has 1 fully saturated rings. The van der Waals surface area contributed by atoms with E-state index in [-0.39, 0.29) is 11.5 Å². The van der Waals surface area contributed by atoms with Gasteiger partial charge in [0.25, 0.3) is 5.91 Å². The van der Waals surface area contributed by atoms with Gasteiger partial charge in [0.15, 0.2) is 17.6 Å². The third-order valence-electron chi connectivity index (χ3n) is 7.46. The van der Waals surface area contributed by atoms with Crippen LogP contribution >= 0.6 is 0 Å². The summed E-state index contributed by atoms with van der Waals surface area (Å²) < 4.78 is 18.5. The second kappa shape index (κ2) is 10.8. The van der Waals surface area contributed by atoms with Crippen LogP contribution in [-0.4, -0.2) is 30.1 Å². The molecule has 5 heteroatoms. The number of carbonyl (C=O) groups excluding carboxylic acids is 1. The van der Waals surface area contributed by atoms with Gasteiger partial charge in [0.2, 0.25) is 0 Å². The van der Waals surface area contributed by atoms with E-state index in [1.807, 2.05) is 59.5 Å². The molecule has 2 aliphatic rings. The lowest BCUT2D eigenvalue weighted by Crippen LogP contribution is -2.42. The molecule has 36 heavy (non-hydrogen) atoms. The van der Waals surface area contributed by atoms with Gasteiger partial charge in [0.1, 0.15) is 6.61 Å². The van der Waals surface area contributed by atoms with Crippen molar-refractivity contribution in [1.29, 1.82) is 0 Å². The molecule has 0 saturated heterocycles. The average molecular weight is 486 g/mol. The van der Waals surface area contributed by atoms with Gasteiger partial charge in [-0.1, -0.05) is 79.6 Å². The Hall–Kier alpha value is -3.31. The maximum absolute atomic E-state index is 13.9. The third kappa shape index (κ3) is 5.26. The summed E-state index contributed by atoms with van der Waals surface area (Å²) in [5.74, 6) is 1.53. The van der Waals surface area contributed by atoms with Crippen molar-refractivity contribution in [2.75, 3.05) is 13.7 Å². The van der Waals surface area contributed by atoms with E-state index < -0.39 is 6.10 Å². The van der Waals surface area contributed by atoms with Crippen LogP contribution in [-0.2, 0) is 29.1 Å². The molecular weight excluding hydrogens is 450 g/mol. The van der Waals surface area contributed by atoms with Crippen LogP contribution in [0.3, 0.4) is 0 Å². The van der Waals surface area contributed by atoms with Crippen LogP contribution in [0.1, 0.15) is 61.0 Å². The van der Waals surface area contributed by atoms with Crippen LogP contribution in [0, 0.1) is 0 Å². The second-order valence-corrected chi connectivity index (χ2v) is 10.1. The largest absolute Gasteiger partial charge is 0.493 e. The van der Waals surface area contributed by atoms with Gasteiger partial charge in [-0.15, -0.1) is 0 Å². The molecule has 188 valence electrons. The Bertz CT molecular complexity index is 1170. The van der Waals surface area contributed by atoms with E-state index in [2.05, 4.69) is 25.1 Å². The number of carbonyl (C=O) groups is 1. The number of amides is 1. The number of nitrogens with zero attached hydrogens (tertiary/aromatic N) is 1. The van der Waals surface area contributed by atoms with Gasteiger partial charge in [-0.2, -0.15) is 0 Å². The fourth-order valence-electron chi connectivity index (χ4n) is 5.42. The molecule has 5 rings (SSSR count). The summed E-state index contributed by atoms with van der Waals surface area (Å²) in [6, 6.07) is 24.1. The van der Waals surface area contributed by atoms with E-state index in [0.717, 1.165) is 59.4 Å². The predicted octanol–water partition coefficient (Wildman–Crippen LogP) is 6.25. The van der Waals surface area contributed by atoms with Crippen molar-refractivity contribution in [1.82, 2.24) is 4.90 Å². The van der Waals surface area contributed by atoms with Crippen LogP contribution < -0.4 is 9.47 Å². The Morgan fingerprint density at radius 3 is 2.36 bits per heavy atom. The quantitative estimate of drug-likeness (QED) is 0.378. The lowest BCUT2D eigenvalue weighted by molar-refractivity contribution is -0.158. The number of hydrogen-bond acceptors (Lipinski definition) is 4. The van der Waals surface area contributed by atoms with Crippen molar-refractivity contribution < 1.29 is 19.0 Å². The Balaban J connectivity index is 1.37. The number of fused-ring (bicyclic) bond motifs is 1. The highest BCUT2D eigenvalue weighted by molar-refractivity contribution is 5.83. The predicted molar refractivity (Wildman–Crippen MR) is 140 cm³/mol. The Morgan fingerprint density at radius 2 is 1.67 bits per heavy atom. The molecule has 1 saturated carbocycles. The molecule has 0 N–H and O–H groups in total. The lowest BCUT2D eigenvalue weighted by atomic mass is 9.96. The Morgan fingerprint density at radius 1 is 0.972 bits per heavy atom. The van der Waals surface area contributed by atoms with Gasteiger partial charge in [-0.05, 0) is 48.9 Å². The molecule has 1 heterocycles. The Labute approximate surface area is 214 Å². The second-order valence-electron chi connectivity index (χ2n) is 10.1. The molecule has 3 aromatic rings. The molecule has 1 aliphatic carbocycles. The average Bonchev–Trinajstić information content (AvgIpc) is 3.36. The van der Waals surface area contributed by atoms with E-state index in [9.17, 15) is 4.79 Å². The van der Waals surface area contributed by atoms with Gasteiger partial charge in [0.05, 0.1) is 12.7 Å². The summed E-state index contributed by atoms with van der Waals surface area (Å²) in [7, 11) is 1.67. The fourth-order valence-corrected chi connectivity index (χ4v) is 5.42. The van der Waals surface area contributed by atoms with Gasteiger partial charge in [-0.25, -0.2) is 0 Å². The van der Waals surface area contributed by atoms with Gasteiger partial charge in [0, 0.05) is 18.7 Å². The minimum absolute atomic E-state index is 0.0301. The first-order valence-corrected chi connectivity index (χ1v) is 12.9. The molecule has 1 unspecified atom stereocenters. The normalized spacial score (nSPS) is 17.3. The maximum atomic E-state index is 13.9. The van der Waals surface area contributed by atoms with Crippen LogP contribution in [0.25, 0.3) is 0 Å². The summed E-state index contributed by atoms with van der Waals surface area (Å²) in [4.78, 5) is 15.8. The molecule has 0 aromatic heterocycles. The van der Waals surface area contributed by atoms with Gasteiger partial charge < -0.3 is 19.1 Å². The standard InChI is InChI=1S/C31H35NO4/c1-31(18-9-10-19-31)36-28(24-13-7-4-8-14-24)30(33)32-20-17-26-25(21-32)15-16-27(34-2)29(26)35-22-23-11-5-3-6-12-23/h3-8,11-16,28H,9-10,17-22H2,1-2H3. The van der Waals surface area contributed by atoms with Crippen molar-refractivity contribution in [3.05, 3.63) is 95.1 Å². The van der Waals surface area contributed by atoms with Crippen LogP contribution in [0.5, 0.6) is 11.5 Å². The molecule has 0 radical (unpaired) electrons. The molecular formula is C31H35NO4. The highest BCUT2D eigenvalue weighted by Gasteiger charge is 2.38. The summed E-state index contributed by atoms with van der Waals surface area (Å²) in [6.45, 7) is 3.77. The topological polar surface area (TPSA) is 48.0 Å². The number of rotatable bonds is 8. The van der Waals surface area contributed by atoms with Crippen molar-refractivity contribution in [3.63, 3.8) is 0 Å². The van der Waals surface area contributed by atoms with Crippen molar-refractivity contribution in [2.24, 2.45) is 0 Å². The van der Waals surface area contributed by atoms with Crippen LogP contribution in [0.2, 0.25) is 0 Å². The zero-order chi connectivity index (χ0) is 25.0. The van der Waals surface area contributed by atoms with Crippen LogP contribution in [0.15, 0.2) is 72.8 Å². The smallest absolute Gasteiger partial charge is 0.256 e. The first-order valence-electron chi connectivity index (χ1n) is 12.9. The molecule has 3 aromatic carbocycles. The highest BCUT2D eigenvalue weighted by Crippen LogP contribution is 2.40. The molecule has 0 spiro atoms. The number of ether oxygens (including phenoxy) is 3. The SMILES string of the molecule is COc1ccc2c(c1OCc1ccccc1)CCN(C(=O)C(OC1(C)CCCC1)c1ccccc1)C2. The lowest BCUT2D eigenvalue weighted by Gasteiger charge is -2.36. The third-order valence-corrected chi connectivity index (χ3v) is 7.46. The van der Waals surface area contributed by atoms with Crippen molar-refractivity contribution in [3.8, 4) is 11.5 Å². The molecule has 0 bridgehead atoms. The van der Waals surface area contributed by atoms with E-state index in [4.69, 9.17) is 14.2 Å². The van der Waals surface area contributed by atoms with E-state index in [1.54, 1.807) is 7.11 Å². The summed E-state index contributed by atoms with van der Waals surface area (Å²) in [6.07, 6.45) is 4.40. The molecule has 1 aliphatic heterocycles. The summed E-state index contributed by atoms with van der Waals surface area (Å²) in [5, 5.41) is 0. The van der Waals surface area contributed by atoms with Crippen molar-refractivity contribution >= 4 is 5.91 Å². The zero-order valence-corrected chi connectivity index (χ0v) is 21.2. The van der Waals surface area contributed by atoms with E-state index in [1.165, 1.54) is 0 Å². The first kappa shape index (κ1) is 24.4. The fraction of sp³-hybridized carbons (Fsp3) is 0.387. The minimum Gasteiger partial charge on any atom is -0.493 e. The maximum Gasteiger partial charge on any atom is 0.256 e. The molecule has 1 atom stereocenters. The molecule has 1 amide bonds. The number of methoxy groups -OCH3 is 1. The Kier molecular flexibility index (Phi) is 7.28. The summed E-state index contributed by atoms with van der Waals surface area (Å²) >= 11 is 0. The van der Waals surface area contributed by atoms with E-state index >= 15 is 0 Å². The monoisotopic (exact) mass is 485 g/mol. The number of hydrogen-bond donors (Lipinski definition) is 0. The van der Waals surface area contributed by atoms with Crippen molar-refractivity contribution in [2.45, 2.75) is 63.9 Å².